The number of aryl methyl sites for hydroxylation is 1. The number of carbonyl (C=O) groups is 1. The van der Waals surface area contributed by atoms with Gasteiger partial charge >= 0.3 is 5.97 Å². The molecular formula is C23H21ClO3. The SMILES string of the molecule is O=C(O)CCc1ccc(OCC2=CC=CC=C(c3ccccc3)C2)c(Cl)c1. The number of halogens is 1. The van der Waals surface area contributed by atoms with E-state index in [1.165, 1.54) is 11.1 Å². The summed E-state index contributed by atoms with van der Waals surface area (Å²) >= 11 is 6.30. The summed E-state index contributed by atoms with van der Waals surface area (Å²) in [7, 11) is 0. The summed E-state index contributed by atoms with van der Waals surface area (Å²) in [6, 6.07) is 15.7. The highest BCUT2D eigenvalue weighted by Gasteiger charge is 2.10. The Morgan fingerprint density at radius 1 is 1.07 bits per heavy atom. The Hall–Kier alpha value is -2.78. The number of ether oxygens (including phenoxy) is 1. The lowest BCUT2D eigenvalue weighted by Gasteiger charge is -2.13. The first kappa shape index (κ1) is 19.0. The molecular weight excluding hydrogens is 360 g/mol. The van der Waals surface area contributed by atoms with Crippen LogP contribution in [0.5, 0.6) is 5.75 Å². The van der Waals surface area contributed by atoms with E-state index in [4.69, 9.17) is 21.4 Å². The van der Waals surface area contributed by atoms with Crippen LogP contribution in [0, 0.1) is 0 Å². The zero-order valence-electron chi connectivity index (χ0n) is 14.9. The molecule has 27 heavy (non-hydrogen) atoms. The van der Waals surface area contributed by atoms with Crippen LogP contribution in [0.2, 0.25) is 5.02 Å². The molecule has 0 atom stereocenters. The Morgan fingerprint density at radius 3 is 2.59 bits per heavy atom. The third kappa shape index (κ3) is 5.60. The van der Waals surface area contributed by atoms with Crippen LogP contribution in [0.15, 0.2) is 78.4 Å². The second-order valence-electron chi connectivity index (χ2n) is 6.39. The molecule has 0 heterocycles. The van der Waals surface area contributed by atoms with E-state index < -0.39 is 5.97 Å². The van der Waals surface area contributed by atoms with Crippen molar-refractivity contribution < 1.29 is 14.6 Å². The standard InChI is InChI=1S/C23H21ClO3/c24-21-15-17(11-13-23(25)26)10-12-22(21)27-16-18-6-4-5-9-20(14-18)19-7-2-1-3-8-19/h1-10,12,15H,11,13-14,16H2,(H,25,26). The Morgan fingerprint density at radius 2 is 1.85 bits per heavy atom. The summed E-state index contributed by atoms with van der Waals surface area (Å²) in [5.41, 5.74) is 4.50. The number of rotatable bonds is 7. The third-order valence-electron chi connectivity index (χ3n) is 4.34. The summed E-state index contributed by atoms with van der Waals surface area (Å²) in [4.78, 5) is 10.7. The minimum atomic E-state index is -0.818. The lowest BCUT2D eigenvalue weighted by molar-refractivity contribution is -0.136. The summed E-state index contributed by atoms with van der Waals surface area (Å²) in [6.07, 6.45) is 9.61. The van der Waals surface area contributed by atoms with Crippen LogP contribution < -0.4 is 4.74 Å². The van der Waals surface area contributed by atoms with Crippen molar-refractivity contribution in [2.45, 2.75) is 19.3 Å². The van der Waals surface area contributed by atoms with Gasteiger partial charge in [-0.25, -0.2) is 0 Å². The van der Waals surface area contributed by atoms with Crippen molar-refractivity contribution in [2.24, 2.45) is 0 Å². The molecule has 0 spiro atoms. The molecule has 0 saturated heterocycles. The molecule has 0 fully saturated rings. The minimum absolute atomic E-state index is 0.0876. The molecule has 0 unspecified atom stereocenters. The quantitative estimate of drug-likeness (QED) is 0.669. The van der Waals surface area contributed by atoms with Crippen molar-refractivity contribution in [1.82, 2.24) is 0 Å². The number of hydrogen-bond acceptors (Lipinski definition) is 2. The van der Waals surface area contributed by atoms with Gasteiger partial charge in [-0.2, -0.15) is 0 Å². The molecule has 0 saturated carbocycles. The van der Waals surface area contributed by atoms with Crippen LogP contribution in [-0.2, 0) is 11.2 Å². The number of allylic oxidation sites excluding steroid dienone is 5. The Kier molecular flexibility index (Phi) is 6.50. The lowest BCUT2D eigenvalue weighted by atomic mass is 9.99. The van der Waals surface area contributed by atoms with Gasteiger partial charge in [-0.1, -0.05) is 72.3 Å². The molecule has 1 N–H and O–H groups in total. The Labute approximate surface area is 164 Å². The first-order chi connectivity index (χ1) is 13.1. The van der Waals surface area contributed by atoms with Gasteiger partial charge in [0.1, 0.15) is 12.4 Å². The molecule has 0 bridgehead atoms. The molecule has 0 radical (unpaired) electrons. The number of carboxylic acids is 1. The van der Waals surface area contributed by atoms with Crippen LogP contribution in [0.1, 0.15) is 24.0 Å². The highest BCUT2D eigenvalue weighted by molar-refractivity contribution is 6.32. The fraction of sp³-hybridized carbons (Fsp3) is 0.174. The molecule has 0 aliphatic heterocycles. The molecule has 2 aromatic rings. The Bertz CT molecular complexity index is 895. The molecule has 1 aliphatic rings. The molecule has 0 aromatic heterocycles. The van der Waals surface area contributed by atoms with Gasteiger partial charge in [-0.3, -0.25) is 4.79 Å². The van der Waals surface area contributed by atoms with Gasteiger partial charge in [-0.15, -0.1) is 0 Å². The van der Waals surface area contributed by atoms with Gasteiger partial charge < -0.3 is 9.84 Å². The van der Waals surface area contributed by atoms with Crippen LogP contribution in [-0.4, -0.2) is 17.7 Å². The second-order valence-corrected chi connectivity index (χ2v) is 6.80. The Balaban J connectivity index is 1.63. The maximum absolute atomic E-state index is 10.7. The minimum Gasteiger partial charge on any atom is -0.488 e. The van der Waals surface area contributed by atoms with E-state index >= 15 is 0 Å². The zero-order valence-corrected chi connectivity index (χ0v) is 15.7. The fourth-order valence-electron chi connectivity index (χ4n) is 2.91. The van der Waals surface area contributed by atoms with Gasteiger partial charge in [0, 0.05) is 6.42 Å². The smallest absolute Gasteiger partial charge is 0.303 e. The maximum Gasteiger partial charge on any atom is 0.303 e. The average molecular weight is 381 g/mol. The van der Waals surface area contributed by atoms with E-state index in [0.717, 1.165) is 17.6 Å². The van der Waals surface area contributed by atoms with Gasteiger partial charge in [0.15, 0.2) is 0 Å². The number of carboxylic acid groups (broad SMARTS) is 1. The van der Waals surface area contributed by atoms with E-state index in [2.05, 4.69) is 24.3 Å². The summed E-state index contributed by atoms with van der Waals surface area (Å²) in [5, 5.41) is 9.28. The predicted octanol–water partition coefficient (Wildman–Crippen LogP) is 5.71. The molecule has 2 aromatic carbocycles. The van der Waals surface area contributed by atoms with Crippen molar-refractivity contribution >= 4 is 23.1 Å². The van der Waals surface area contributed by atoms with Crippen molar-refractivity contribution in [3.8, 4) is 5.75 Å². The normalized spacial score (nSPS) is 13.5. The topological polar surface area (TPSA) is 46.5 Å². The van der Waals surface area contributed by atoms with E-state index in [-0.39, 0.29) is 6.42 Å². The molecule has 3 nitrogen and oxygen atoms in total. The monoisotopic (exact) mass is 380 g/mol. The largest absolute Gasteiger partial charge is 0.488 e. The average Bonchev–Trinajstić information content (AvgIpc) is 2.92. The molecule has 3 rings (SSSR count). The molecule has 0 amide bonds. The van der Waals surface area contributed by atoms with Crippen molar-refractivity contribution in [3.63, 3.8) is 0 Å². The first-order valence-corrected chi connectivity index (χ1v) is 9.23. The van der Waals surface area contributed by atoms with Crippen molar-refractivity contribution in [2.75, 3.05) is 6.61 Å². The van der Waals surface area contributed by atoms with Gasteiger partial charge in [0.05, 0.1) is 5.02 Å². The van der Waals surface area contributed by atoms with E-state index in [9.17, 15) is 4.79 Å². The van der Waals surface area contributed by atoms with Crippen molar-refractivity contribution in [1.29, 1.82) is 0 Å². The number of benzene rings is 2. The van der Waals surface area contributed by atoms with Crippen LogP contribution in [0.3, 0.4) is 0 Å². The number of aliphatic carboxylic acids is 1. The zero-order chi connectivity index (χ0) is 19.1. The highest BCUT2D eigenvalue weighted by atomic mass is 35.5. The van der Waals surface area contributed by atoms with Crippen LogP contribution in [0.4, 0.5) is 0 Å². The van der Waals surface area contributed by atoms with Gasteiger partial charge in [0.25, 0.3) is 0 Å². The summed E-state index contributed by atoms with van der Waals surface area (Å²) in [6.45, 7) is 0.447. The van der Waals surface area contributed by atoms with E-state index in [0.29, 0.717) is 23.8 Å². The van der Waals surface area contributed by atoms with Crippen molar-refractivity contribution in [3.05, 3.63) is 94.6 Å². The van der Waals surface area contributed by atoms with Crippen LogP contribution in [0.25, 0.3) is 5.57 Å². The molecule has 4 heteroatoms. The summed E-state index contributed by atoms with van der Waals surface area (Å²) < 4.78 is 5.92. The summed E-state index contributed by atoms with van der Waals surface area (Å²) in [5.74, 6) is -0.211. The van der Waals surface area contributed by atoms with Gasteiger partial charge in [-0.05, 0) is 47.2 Å². The van der Waals surface area contributed by atoms with Gasteiger partial charge in [0.2, 0.25) is 0 Å². The van der Waals surface area contributed by atoms with E-state index in [1.54, 1.807) is 12.1 Å². The highest BCUT2D eigenvalue weighted by Crippen LogP contribution is 2.29. The maximum atomic E-state index is 10.7. The fourth-order valence-corrected chi connectivity index (χ4v) is 3.17. The lowest BCUT2D eigenvalue weighted by Crippen LogP contribution is -2.03. The van der Waals surface area contributed by atoms with Crippen LogP contribution >= 0.6 is 11.6 Å². The second kappa shape index (κ2) is 9.24. The first-order valence-electron chi connectivity index (χ1n) is 8.85. The third-order valence-corrected chi connectivity index (χ3v) is 4.63. The molecule has 1 aliphatic carbocycles. The number of hydrogen-bond donors (Lipinski definition) is 1. The van der Waals surface area contributed by atoms with E-state index in [1.807, 2.05) is 36.4 Å². The predicted molar refractivity (Wildman–Crippen MR) is 109 cm³/mol. The molecule has 138 valence electrons.